The largest absolute Gasteiger partial charge is 0.244 e. The number of hydrogen-bond acceptors (Lipinski definition) is 1. The quantitative estimate of drug-likeness (QED) is 0.658. The number of pyridine rings is 1. The maximum Gasteiger partial charge on any atom is 0.129 e. The maximum atomic E-state index is 5.76. The Kier molecular flexibility index (Phi) is 2.74. The smallest absolute Gasteiger partial charge is 0.129 e. The summed E-state index contributed by atoms with van der Waals surface area (Å²) in [6.45, 7) is 4.24. The second-order valence-corrected chi connectivity index (χ2v) is 4.00. The number of halogens is 1. The number of nitrogens with zero attached hydrogens (tertiary/aromatic N) is 1. The van der Waals surface area contributed by atoms with Crippen LogP contribution in [0.4, 0.5) is 0 Å². The first kappa shape index (κ1) is 10.2. The van der Waals surface area contributed by atoms with E-state index in [0.29, 0.717) is 5.15 Å². The van der Waals surface area contributed by atoms with E-state index in [1.165, 1.54) is 16.7 Å². The Morgan fingerprint density at radius 2 is 1.87 bits per heavy atom. The molecule has 1 aromatic heterocycles. The van der Waals surface area contributed by atoms with Crippen LogP contribution in [0.2, 0.25) is 5.15 Å². The van der Waals surface area contributed by atoms with E-state index < -0.39 is 0 Å². The molecule has 1 heterocycles. The standard InChI is InChI=1S/C13H12ClN/c1-9-4-3-5-12(10(9)2)11-6-7-13(14)15-8-11/h3-8H,1-2H3. The van der Waals surface area contributed by atoms with Gasteiger partial charge in [-0.3, -0.25) is 0 Å². The molecule has 1 aromatic carbocycles. The van der Waals surface area contributed by atoms with E-state index in [2.05, 4.69) is 37.0 Å². The molecule has 0 unspecified atom stereocenters. The third kappa shape index (κ3) is 2.02. The van der Waals surface area contributed by atoms with Crippen LogP contribution < -0.4 is 0 Å². The second-order valence-electron chi connectivity index (χ2n) is 3.62. The molecule has 0 radical (unpaired) electrons. The fraction of sp³-hybridized carbons (Fsp3) is 0.154. The van der Waals surface area contributed by atoms with E-state index in [1.54, 1.807) is 0 Å². The van der Waals surface area contributed by atoms with Gasteiger partial charge in [-0.1, -0.05) is 29.8 Å². The average molecular weight is 218 g/mol. The molecule has 0 amide bonds. The molecule has 0 aliphatic carbocycles. The average Bonchev–Trinajstić information content (AvgIpc) is 2.24. The van der Waals surface area contributed by atoms with Crippen LogP contribution in [0.3, 0.4) is 0 Å². The zero-order chi connectivity index (χ0) is 10.8. The molecule has 0 spiro atoms. The van der Waals surface area contributed by atoms with Gasteiger partial charge in [0.05, 0.1) is 0 Å². The van der Waals surface area contributed by atoms with Crippen LogP contribution in [0.5, 0.6) is 0 Å². The highest BCUT2D eigenvalue weighted by molar-refractivity contribution is 6.29. The molecule has 0 saturated heterocycles. The van der Waals surface area contributed by atoms with Gasteiger partial charge >= 0.3 is 0 Å². The van der Waals surface area contributed by atoms with Gasteiger partial charge < -0.3 is 0 Å². The van der Waals surface area contributed by atoms with Crippen molar-refractivity contribution < 1.29 is 0 Å². The first-order valence-corrected chi connectivity index (χ1v) is 5.24. The minimum atomic E-state index is 0.532. The molecule has 0 saturated carbocycles. The Morgan fingerprint density at radius 1 is 1.07 bits per heavy atom. The lowest BCUT2D eigenvalue weighted by Crippen LogP contribution is -1.87. The van der Waals surface area contributed by atoms with Crippen molar-refractivity contribution in [1.29, 1.82) is 0 Å². The lowest BCUT2D eigenvalue weighted by Gasteiger charge is -2.08. The normalized spacial score (nSPS) is 10.3. The third-order valence-corrected chi connectivity index (χ3v) is 2.87. The molecule has 0 N–H and O–H groups in total. The summed E-state index contributed by atoms with van der Waals surface area (Å²) in [5.41, 5.74) is 4.92. The second kappa shape index (κ2) is 4.03. The highest BCUT2D eigenvalue weighted by Gasteiger charge is 2.03. The number of hydrogen-bond donors (Lipinski definition) is 0. The Morgan fingerprint density at radius 3 is 2.53 bits per heavy atom. The fourth-order valence-corrected chi connectivity index (χ4v) is 1.71. The van der Waals surface area contributed by atoms with Crippen molar-refractivity contribution in [1.82, 2.24) is 4.98 Å². The topological polar surface area (TPSA) is 12.9 Å². The monoisotopic (exact) mass is 217 g/mol. The zero-order valence-corrected chi connectivity index (χ0v) is 9.55. The summed E-state index contributed by atoms with van der Waals surface area (Å²) < 4.78 is 0. The van der Waals surface area contributed by atoms with Crippen molar-refractivity contribution in [2.24, 2.45) is 0 Å². The highest BCUT2D eigenvalue weighted by atomic mass is 35.5. The van der Waals surface area contributed by atoms with Crippen molar-refractivity contribution in [3.63, 3.8) is 0 Å². The van der Waals surface area contributed by atoms with Crippen LogP contribution in [0, 0.1) is 13.8 Å². The van der Waals surface area contributed by atoms with E-state index in [9.17, 15) is 0 Å². The Hall–Kier alpha value is -1.34. The Bertz CT molecular complexity index is 474. The lowest BCUT2D eigenvalue weighted by molar-refractivity contribution is 1.30. The maximum absolute atomic E-state index is 5.76. The predicted octanol–water partition coefficient (Wildman–Crippen LogP) is 4.02. The van der Waals surface area contributed by atoms with Gasteiger partial charge in [0.15, 0.2) is 0 Å². The van der Waals surface area contributed by atoms with Gasteiger partial charge in [0, 0.05) is 11.8 Å². The van der Waals surface area contributed by atoms with Crippen LogP contribution in [0.1, 0.15) is 11.1 Å². The molecule has 2 rings (SSSR count). The summed E-state index contributed by atoms with van der Waals surface area (Å²) in [5, 5.41) is 0.532. The molecule has 0 fully saturated rings. The van der Waals surface area contributed by atoms with Crippen molar-refractivity contribution in [2.75, 3.05) is 0 Å². The van der Waals surface area contributed by atoms with Crippen LogP contribution >= 0.6 is 11.6 Å². The summed E-state index contributed by atoms with van der Waals surface area (Å²) >= 11 is 5.76. The fourth-order valence-electron chi connectivity index (χ4n) is 1.60. The molecular weight excluding hydrogens is 206 g/mol. The van der Waals surface area contributed by atoms with Gasteiger partial charge in [-0.2, -0.15) is 0 Å². The van der Waals surface area contributed by atoms with Gasteiger partial charge in [-0.15, -0.1) is 0 Å². The van der Waals surface area contributed by atoms with E-state index in [0.717, 1.165) is 5.56 Å². The van der Waals surface area contributed by atoms with Gasteiger partial charge in [0.1, 0.15) is 5.15 Å². The molecule has 0 atom stereocenters. The predicted molar refractivity (Wildman–Crippen MR) is 64.2 cm³/mol. The van der Waals surface area contributed by atoms with E-state index in [-0.39, 0.29) is 0 Å². The molecule has 2 heteroatoms. The van der Waals surface area contributed by atoms with E-state index in [4.69, 9.17) is 11.6 Å². The summed E-state index contributed by atoms with van der Waals surface area (Å²) in [6, 6.07) is 10.1. The molecule has 0 aliphatic rings. The molecule has 0 bridgehead atoms. The van der Waals surface area contributed by atoms with Gasteiger partial charge in [0.2, 0.25) is 0 Å². The Labute approximate surface area is 94.7 Å². The summed E-state index contributed by atoms with van der Waals surface area (Å²) in [4.78, 5) is 4.09. The van der Waals surface area contributed by atoms with Crippen LogP contribution in [-0.2, 0) is 0 Å². The van der Waals surface area contributed by atoms with Crippen molar-refractivity contribution in [2.45, 2.75) is 13.8 Å². The molecule has 2 aromatic rings. The summed E-state index contributed by atoms with van der Waals surface area (Å²) in [6.07, 6.45) is 1.81. The first-order valence-electron chi connectivity index (χ1n) is 4.86. The van der Waals surface area contributed by atoms with Gasteiger partial charge in [-0.25, -0.2) is 4.98 Å². The third-order valence-electron chi connectivity index (χ3n) is 2.64. The molecule has 76 valence electrons. The number of aryl methyl sites for hydroxylation is 1. The van der Waals surface area contributed by atoms with Crippen LogP contribution in [-0.4, -0.2) is 4.98 Å². The van der Waals surface area contributed by atoms with Crippen LogP contribution in [0.15, 0.2) is 36.5 Å². The molecule has 15 heavy (non-hydrogen) atoms. The van der Waals surface area contributed by atoms with Crippen molar-refractivity contribution in [3.8, 4) is 11.1 Å². The molecular formula is C13H12ClN. The van der Waals surface area contributed by atoms with E-state index in [1.807, 2.05) is 18.3 Å². The van der Waals surface area contributed by atoms with Crippen LogP contribution in [0.25, 0.3) is 11.1 Å². The van der Waals surface area contributed by atoms with Crippen molar-refractivity contribution >= 4 is 11.6 Å². The lowest BCUT2D eigenvalue weighted by atomic mass is 9.98. The minimum absolute atomic E-state index is 0.532. The molecule has 0 aliphatic heterocycles. The van der Waals surface area contributed by atoms with Gasteiger partial charge in [-0.05, 0) is 42.7 Å². The van der Waals surface area contributed by atoms with E-state index >= 15 is 0 Å². The summed E-state index contributed by atoms with van der Waals surface area (Å²) in [7, 11) is 0. The first-order chi connectivity index (χ1) is 7.18. The SMILES string of the molecule is Cc1cccc(-c2ccc(Cl)nc2)c1C. The number of rotatable bonds is 1. The highest BCUT2D eigenvalue weighted by Crippen LogP contribution is 2.25. The Balaban J connectivity index is 2.54. The number of benzene rings is 1. The van der Waals surface area contributed by atoms with Gasteiger partial charge in [0.25, 0.3) is 0 Å². The molecule has 1 nitrogen and oxygen atoms in total. The number of aromatic nitrogens is 1. The van der Waals surface area contributed by atoms with Crippen molar-refractivity contribution in [3.05, 3.63) is 52.8 Å². The zero-order valence-electron chi connectivity index (χ0n) is 8.79. The minimum Gasteiger partial charge on any atom is -0.244 e. The summed E-state index contributed by atoms with van der Waals surface area (Å²) in [5.74, 6) is 0.